The van der Waals surface area contributed by atoms with E-state index in [4.69, 9.17) is 5.73 Å². The van der Waals surface area contributed by atoms with E-state index < -0.39 is 0 Å². The number of carbonyl (C=O) groups is 1. The minimum Gasteiger partial charge on any atom is -0.350 e. The van der Waals surface area contributed by atoms with Crippen LogP contribution in [0.5, 0.6) is 0 Å². The monoisotopic (exact) mass is 296 g/mol. The Kier molecular flexibility index (Phi) is 5.51. The smallest absolute Gasteiger partial charge is 0.270 e. The van der Waals surface area contributed by atoms with Gasteiger partial charge in [0.1, 0.15) is 10.7 Å². The van der Waals surface area contributed by atoms with Crippen molar-refractivity contribution in [3.63, 3.8) is 0 Å². The lowest BCUT2D eigenvalue weighted by Gasteiger charge is -2.35. The van der Waals surface area contributed by atoms with Crippen LogP contribution in [0, 0.1) is 5.92 Å². The van der Waals surface area contributed by atoms with Crippen molar-refractivity contribution in [3.8, 4) is 0 Å². The molecule has 20 heavy (non-hydrogen) atoms. The minimum absolute atomic E-state index is 0.0809. The van der Waals surface area contributed by atoms with Crippen LogP contribution in [0.15, 0.2) is 5.38 Å². The lowest BCUT2D eigenvalue weighted by atomic mass is 9.97. The Morgan fingerprint density at radius 2 is 2.45 bits per heavy atom. The van der Waals surface area contributed by atoms with E-state index in [0.717, 1.165) is 18.1 Å². The van der Waals surface area contributed by atoms with Crippen LogP contribution >= 0.6 is 11.3 Å². The first-order valence-corrected chi connectivity index (χ1v) is 8.14. The molecule has 0 spiro atoms. The van der Waals surface area contributed by atoms with Gasteiger partial charge in [0.2, 0.25) is 0 Å². The summed E-state index contributed by atoms with van der Waals surface area (Å²) >= 11 is 1.44. The number of likely N-dealkylation sites (tertiary alicyclic amines) is 1. The molecule has 1 aliphatic heterocycles. The quantitative estimate of drug-likeness (QED) is 0.863. The third-order valence-corrected chi connectivity index (χ3v) is 4.66. The van der Waals surface area contributed by atoms with Gasteiger partial charge >= 0.3 is 0 Å². The van der Waals surface area contributed by atoms with Crippen molar-refractivity contribution in [1.82, 2.24) is 15.2 Å². The molecule has 5 nitrogen and oxygen atoms in total. The van der Waals surface area contributed by atoms with E-state index in [1.165, 1.54) is 30.7 Å². The second-order valence-electron chi connectivity index (χ2n) is 5.64. The summed E-state index contributed by atoms with van der Waals surface area (Å²) in [6, 6.07) is 0.583. The van der Waals surface area contributed by atoms with Crippen molar-refractivity contribution in [3.05, 3.63) is 16.1 Å². The highest BCUT2D eigenvalue weighted by molar-refractivity contribution is 7.09. The number of nitrogens with zero attached hydrogens (tertiary/aromatic N) is 2. The number of nitrogens with two attached hydrogens (primary N) is 1. The third-order valence-electron chi connectivity index (χ3n) is 3.79. The van der Waals surface area contributed by atoms with Crippen molar-refractivity contribution >= 4 is 17.2 Å². The second kappa shape index (κ2) is 7.15. The van der Waals surface area contributed by atoms with Crippen LogP contribution < -0.4 is 11.1 Å². The van der Waals surface area contributed by atoms with Gasteiger partial charge in [0, 0.05) is 31.1 Å². The van der Waals surface area contributed by atoms with E-state index in [9.17, 15) is 4.79 Å². The highest BCUT2D eigenvalue weighted by Gasteiger charge is 2.22. The van der Waals surface area contributed by atoms with Gasteiger partial charge in [0.15, 0.2) is 0 Å². The summed E-state index contributed by atoms with van der Waals surface area (Å²) < 4.78 is 0. The molecule has 0 bridgehead atoms. The van der Waals surface area contributed by atoms with Gasteiger partial charge in [-0.1, -0.05) is 0 Å². The molecule has 3 N–H and O–H groups in total. The number of piperidine rings is 1. The fraction of sp³-hybridized carbons (Fsp3) is 0.714. The highest BCUT2D eigenvalue weighted by Crippen LogP contribution is 2.18. The van der Waals surface area contributed by atoms with Crippen LogP contribution in [0.3, 0.4) is 0 Å². The van der Waals surface area contributed by atoms with Gasteiger partial charge in [-0.05, 0) is 39.2 Å². The molecule has 0 radical (unpaired) electrons. The molecule has 1 saturated heterocycles. The first-order chi connectivity index (χ1) is 9.60. The molecule has 112 valence electrons. The molecule has 0 aromatic carbocycles. The summed E-state index contributed by atoms with van der Waals surface area (Å²) in [5, 5.41) is 5.58. The molecule has 1 fully saturated rings. The topological polar surface area (TPSA) is 71.2 Å². The lowest BCUT2D eigenvalue weighted by Crippen LogP contribution is -2.43. The predicted octanol–water partition coefficient (Wildman–Crippen LogP) is 1.45. The summed E-state index contributed by atoms with van der Waals surface area (Å²) in [5.41, 5.74) is 6.00. The van der Waals surface area contributed by atoms with Crippen molar-refractivity contribution < 1.29 is 4.79 Å². The molecule has 1 atom stereocenters. The molecule has 1 aromatic heterocycles. The summed E-state index contributed by atoms with van der Waals surface area (Å²) in [6.07, 6.45) is 2.40. The van der Waals surface area contributed by atoms with Crippen molar-refractivity contribution in [2.24, 2.45) is 11.7 Å². The molecule has 2 rings (SSSR count). The van der Waals surface area contributed by atoms with Crippen molar-refractivity contribution in [2.75, 3.05) is 19.6 Å². The van der Waals surface area contributed by atoms with Crippen LogP contribution in [-0.2, 0) is 6.54 Å². The number of nitrogens with one attached hydrogen (secondary N) is 1. The Morgan fingerprint density at radius 1 is 1.65 bits per heavy atom. The van der Waals surface area contributed by atoms with Crippen molar-refractivity contribution in [1.29, 1.82) is 0 Å². The number of carbonyl (C=O) groups excluding carboxylic acids is 1. The Hall–Kier alpha value is -0.980. The fourth-order valence-electron chi connectivity index (χ4n) is 2.57. The zero-order chi connectivity index (χ0) is 14.5. The summed E-state index contributed by atoms with van der Waals surface area (Å²) in [4.78, 5) is 18.7. The van der Waals surface area contributed by atoms with E-state index in [2.05, 4.69) is 29.0 Å². The largest absolute Gasteiger partial charge is 0.350 e. The van der Waals surface area contributed by atoms with E-state index >= 15 is 0 Å². The third kappa shape index (κ3) is 4.01. The van der Waals surface area contributed by atoms with E-state index in [1.54, 1.807) is 5.38 Å². The summed E-state index contributed by atoms with van der Waals surface area (Å²) in [6.45, 7) is 7.83. The number of amides is 1. The molecule has 1 unspecified atom stereocenters. The highest BCUT2D eigenvalue weighted by atomic mass is 32.1. The maximum absolute atomic E-state index is 12.0. The first kappa shape index (κ1) is 15.4. The Labute approximate surface area is 124 Å². The molecule has 1 aromatic rings. The number of thiazole rings is 1. The number of hydrogen-bond donors (Lipinski definition) is 2. The molecule has 0 aliphatic carbocycles. The second-order valence-corrected chi connectivity index (χ2v) is 6.58. The number of aromatic nitrogens is 1. The minimum atomic E-state index is -0.0809. The Morgan fingerprint density at radius 3 is 3.10 bits per heavy atom. The van der Waals surface area contributed by atoms with Crippen LogP contribution in [0.4, 0.5) is 0 Å². The predicted molar refractivity (Wildman–Crippen MR) is 81.8 cm³/mol. The van der Waals surface area contributed by atoms with Gasteiger partial charge in [-0.15, -0.1) is 11.3 Å². The van der Waals surface area contributed by atoms with Gasteiger partial charge in [-0.2, -0.15) is 0 Å². The Balaban J connectivity index is 1.81. The van der Waals surface area contributed by atoms with Gasteiger partial charge in [0.25, 0.3) is 5.91 Å². The van der Waals surface area contributed by atoms with Crippen LogP contribution in [0.25, 0.3) is 0 Å². The van der Waals surface area contributed by atoms with E-state index in [-0.39, 0.29) is 5.91 Å². The molecular weight excluding hydrogens is 272 g/mol. The van der Waals surface area contributed by atoms with Gasteiger partial charge in [-0.25, -0.2) is 4.98 Å². The van der Waals surface area contributed by atoms with Gasteiger partial charge in [-0.3, -0.25) is 4.79 Å². The van der Waals surface area contributed by atoms with Gasteiger partial charge in [0.05, 0.1) is 0 Å². The maximum Gasteiger partial charge on any atom is 0.270 e. The molecule has 1 amide bonds. The van der Waals surface area contributed by atoms with E-state index in [0.29, 0.717) is 24.2 Å². The first-order valence-electron chi connectivity index (χ1n) is 7.27. The molecular formula is C14H24N4OS. The van der Waals surface area contributed by atoms with Crippen LogP contribution in [0.1, 0.15) is 42.2 Å². The summed E-state index contributed by atoms with van der Waals surface area (Å²) in [7, 11) is 0. The van der Waals surface area contributed by atoms with Crippen LogP contribution in [-0.4, -0.2) is 41.5 Å². The zero-order valence-electron chi connectivity index (χ0n) is 12.3. The SMILES string of the molecule is CC(C)N1CCCC(CNC(=O)c2csc(CN)n2)C1. The molecule has 0 saturated carbocycles. The number of rotatable bonds is 5. The average Bonchev–Trinajstić information content (AvgIpc) is 2.94. The van der Waals surface area contributed by atoms with Gasteiger partial charge < -0.3 is 16.0 Å². The Bertz CT molecular complexity index is 446. The van der Waals surface area contributed by atoms with E-state index in [1.807, 2.05) is 0 Å². The maximum atomic E-state index is 12.0. The fourth-order valence-corrected chi connectivity index (χ4v) is 3.22. The standard InChI is InChI=1S/C14H24N4OS/c1-10(2)18-5-3-4-11(8-18)7-16-14(19)12-9-20-13(6-15)17-12/h9-11H,3-8,15H2,1-2H3,(H,16,19). The molecule has 1 aliphatic rings. The normalized spacial score (nSPS) is 20.3. The number of hydrogen-bond acceptors (Lipinski definition) is 5. The summed E-state index contributed by atoms with van der Waals surface area (Å²) in [5.74, 6) is 0.463. The molecule has 2 heterocycles. The van der Waals surface area contributed by atoms with Crippen LogP contribution in [0.2, 0.25) is 0 Å². The zero-order valence-corrected chi connectivity index (χ0v) is 13.1. The van der Waals surface area contributed by atoms with Crippen molar-refractivity contribution in [2.45, 2.75) is 39.3 Å². The average molecular weight is 296 g/mol. The lowest BCUT2D eigenvalue weighted by molar-refractivity contribution is 0.0918. The molecule has 6 heteroatoms.